The Kier molecular flexibility index (Phi) is 4.35. The Morgan fingerprint density at radius 3 is 3.14 bits per heavy atom. The molecule has 0 aliphatic rings. The van der Waals surface area contributed by atoms with Gasteiger partial charge in [-0.15, -0.1) is 6.58 Å². The minimum Gasteiger partial charge on any atom is -0.387 e. The van der Waals surface area contributed by atoms with Crippen molar-refractivity contribution in [2.75, 3.05) is 6.54 Å². The van der Waals surface area contributed by atoms with Gasteiger partial charge in [0, 0.05) is 13.0 Å². The van der Waals surface area contributed by atoms with Crippen LogP contribution in [0.5, 0.6) is 0 Å². The van der Waals surface area contributed by atoms with Crippen LogP contribution in [0.1, 0.15) is 18.1 Å². The maximum absolute atomic E-state index is 11.0. The van der Waals surface area contributed by atoms with Gasteiger partial charge < -0.3 is 10.4 Å². The van der Waals surface area contributed by atoms with Crippen LogP contribution in [-0.2, 0) is 4.79 Å². The lowest BCUT2D eigenvalue weighted by atomic mass is 10.2. The Hall–Kier alpha value is -1.13. The normalized spacial score (nSPS) is 12.1. The van der Waals surface area contributed by atoms with Gasteiger partial charge in [-0.2, -0.15) is 11.3 Å². The summed E-state index contributed by atoms with van der Waals surface area (Å²) in [4.78, 5) is 11.0. The Balaban J connectivity index is 2.31. The summed E-state index contributed by atoms with van der Waals surface area (Å²) in [6.07, 6.45) is 1.21. The van der Waals surface area contributed by atoms with Crippen LogP contribution in [0.3, 0.4) is 0 Å². The molecule has 1 rings (SSSR count). The first-order chi connectivity index (χ1) is 6.74. The van der Waals surface area contributed by atoms with Gasteiger partial charge in [0.05, 0.1) is 6.10 Å². The molecule has 14 heavy (non-hydrogen) atoms. The van der Waals surface area contributed by atoms with Crippen molar-refractivity contribution in [3.05, 3.63) is 35.0 Å². The van der Waals surface area contributed by atoms with Crippen molar-refractivity contribution in [1.82, 2.24) is 5.32 Å². The molecule has 0 bridgehead atoms. The van der Waals surface area contributed by atoms with E-state index in [1.54, 1.807) is 0 Å². The van der Waals surface area contributed by atoms with Crippen LogP contribution in [0, 0.1) is 0 Å². The number of aliphatic hydroxyl groups is 1. The highest BCUT2D eigenvalue weighted by Crippen LogP contribution is 2.14. The van der Waals surface area contributed by atoms with E-state index in [0.29, 0.717) is 0 Å². The molecule has 0 radical (unpaired) electrons. The molecule has 3 nitrogen and oxygen atoms in total. The Morgan fingerprint density at radius 1 is 1.79 bits per heavy atom. The zero-order valence-corrected chi connectivity index (χ0v) is 8.59. The SMILES string of the molecule is C=CCC(=O)NCC(O)c1ccsc1. The first kappa shape index (κ1) is 10.9. The Morgan fingerprint density at radius 2 is 2.57 bits per heavy atom. The summed E-state index contributed by atoms with van der Waals surface area (Å²) in [6.45, 7) is 3.71. The fourth-order valence-corrected chi connectivity index (χ4v) is 1.70. The predicted octanol–water partition coefficient (Wildman–Crippen LogP) is 1.47. The predicted molar refractivity (Wildman–Crippen MR) is 57.1 cm³/mol. The average Bonchev–Trinajstić information content (AvgIpc) is 2.67. The minimum absolute atomic E-state index is 0.116. The fourth-order valence-electron chi connectivity index (χ4n) is 0.996. The van der Waals surface area contributed by atoms with Gasteiger partial charge >= 0.3 is 0 Å². The van der Waals surface area contributed by atoms with Gasteiger partial charge in [0.15, 0.2) is 0 Å². The number of carbonyl (C=O) groups excluding carboxylic acids is 1. The summed E-state index contributed by atoms with van der Waals surface area (Å²) in [5.41, 5.74) is 0.842. The van der Waals surface area contributed by atoms with Crippen LogP contribution < -0.4 is 5.32 Å². The van der Waals surface area contributed by atoms with Gasteiger partial charge in [0.2, 0.25) is 5.91 Å². The number of hydrogen-bond donors (Lipinski definition) is 2. The molecule has 1 aromatic rings. The van der Waals surface area contributed by atoms with Crippen molar-refractivity contribution in [2.24, 2.45) is 0 Å². The van der Waals surface area contributed by atoms with Gasteiger partial charge in [-0.1, -0.05) is 6.08 Å². The summed E-state index contributed by atoms with van der Waals surface area (Å²) < 4.78 is 0. The number of thiophene rings is 1. The molecule has 2 N–H and O–H groups in total. The van der Waals surface area contributed by atoms with Crippen molar-refractivity contribution in [1.29, 1.82) is 0 Å². The molecule has 0 saturated heterocycles. The van der Waals surface area contributed by atoms with E-state index in [4.69, 9.17) is 0 Å². The molecule has 0 aliphatic carbocycles. The molecular weight excluding hydrogens is 198 g/mol. The maximum atomic E-state index is 11.0. The molecule has 1 unspecified atom stereocenters. The smallest absolute Gasteiger partial charge is 0.223 e. The van der Waals surface area contributed by atoms with E-state index >= 15 is 0 Å². The molecule has 1 heterocycles. The molecule has 0 spiro atoms. The number of carbonyl (C=O) groups is 1. The number of hydrogen-bond acceptors (Lipinski definition) is 3. The topological polar surface area (TPSA) is 49.3 Å². The zero-order valence-electron chi connectivity index (χ0n) is 7.77. The molecule has 1 aromatic heterocycles. The molecule has 1 atom stereocenters. The second kappa shape index (κ2) is 5.57. The van der Waals surface area contributed by atoms with Gasteiger partial charge in [-0.3, -0.25) is 4.79 Å². The van der Waals surface area contributed by atoms with E-state index < -0.39 is 6.10 Å². The molecule has 76 valence electrons. The first-order valence-electron chi connectivity index (χ1n) is 4.31. The van der Waals surface area contributed by atoms with Crippen molar-refractivity contribution >= 4 is 17.2 Å². The van der Waals surface area contributed by atoms with Crippen LogP contribution in [0.15, 0.2) is 29.5 Å². The molecule has 4 heteroatoms. The minimum atomic E-state index is -0.616. The van der Waals surface area contributed by atoms with E-state index in [2.05, 4.69) is 11.9 Å². The third kappa shape index (κ3) is 3.32. The third-order valence-corrected chi connectivity index (χ3v) is 2.45. The summed E-state index contributed by atoms with van der Waals surface area (Å²) in [5, 5.41) is 16.0. The van der Waals surface area contributed by atoms with Gasteiger partial charge in [-0.25, -0.2) is 0 Å². The quantitative estimate of drug-likeness (QED) is 0.725. The highest BCUT2D eigenvalue weighted by atomic mass is 32.1. The Labute approximate surface area is 87.1 Å². The van der Waals surface area contributed by atoms with Crippen molar-refractivity contribution in [3.8, 4) is 0 Å². The lowest BCUT2D eigenvalue weighted by Gasteiger charge is -2.09. The largest absolute Gasteiger partial charge is 0.387 e. The first-order valence-corrected chi connectivity index (χ1v) is 5.26. The highest BCUT2D eigenvalue weighted by Gasteiger charge is 2.08. The van der Waals surface area contributed by atoms with Gasteiger partial charge in [-0.05, 0) is 22.4 Å². The highest BCUT2D eigenvalue weighted by molar-refractivity contribution is 7.07. The lowest BCUT2D eigenvalue weighted by molar-refractivity contribution is -0.120. The number of amides is 1. The van der Waals surface area contributed by atoms with E-state index in [9.17, 15) is 9.90 Å². The van der Waals surface area contributed by atoms with Crippen molar-refractivity contribution < 1.29 is 9.90 Å². The van der Waals surface area contributed by atoms with Crippen LogP contribution >= 0.6 is 11.3 Å². The van der Waals surface area contributed by atoms with Crippen molar-refractivity contribution in [3.63, 3.8) is 0 Å². The summed E-state index contributed by atoms with van der Waals surface area (Å²) in [5.74, 6) is -0.116. The van der Waals surface area contributed by atoms with E-state index in [1.807, 2.05) is 16.8 Å². The second-order valence-corrected chi connectivity index (χ2v) is 3.65. The van der Waals surface area contributed by atoms with E-state index in [-0.39, 0.29) is 18.9 Å². The summed E-state index contributed by atoms with van der Waals surface area (Å²) in [6, 6.07) is 1.84. The van der Waals surface area contributed by atoms with Gasteiger partial charge in [0.1, 0.15) is 0 Å². The number of rotatable bonds is 5. The van der Waals surface area contributed by atoms with Crippen LogP contribution in [-0.4, -0.2) is 17.6 Å². The molecule has 1 amide bonds. The molecule has 0 aromatic carbocycles. The monoisotopic (exact) mass is 211 g/mol. The second-order valence-electron chi connectivity index (χ2n) is 2.87. The van der Waals surface area contributed by atoms with Gasteiger partial charge in [0.25, 0.3) is 0 Å². The molecule has 0 fully saturated rings. The zero-order chi connectivity index (χ0) is 10.4. The average molecular weight is 211 g/mol. The fraction of sp³-hybridized carbons (Fsp3) is 0.300. The van der Waals surface area contributed by atoms with Crippen LogP contribution in [0.4, 0.5) is 0 Å². The maximum Gasteiger partial charge on any atom is 0.223 e. The standard InChI is InChI=1S/C10H13NO2S/c1-2-3-10(13)11-6-9(12)8-4-5-14-7-8/h2,4-5,7,9,12H,1,3,6H2,(H,11,13). The third-order valence-electron chi connectivity index (χ3n) is 1.75. The van der Waals surface area contributed by atoms with Crippen LogP contribution in [0.25, 0.3) is 0 Å². The number of aliphatic hydroxyl groups excluding tert-OH is 1. The molecule has 0 aliphatic heterocycles. The van der Waals surface area contributed by atoms with E-state index in [1.165, 1.54) is 17.4 Å². The lowest BCUT2D eigenvalue weighted by Crippen LogP contribution is -2.27. The van der Waals surface area contributed by atoms with Crippen molar-refractivity contribution in [2.45, 2.75) is 12.5 Å². The van der Waals surface area contributed by atoms with E-state index in [0.717, 1.165) is 5.56 Å². The Bertz CT molecular complexity index is 295. The summed E-state index contributed by atoms with van der Waals surface area (Å²) in [7, 11) is 0. The van der Waals surface area contributed by atoms with Crippen LogP contribution in [0.2, 0.25) is 0 Å². The summed E-state index contributed by atoms with van der Waals surface area (Å²) >= 11 is 1.52. The molecular formula is C10H13NO2S. The molecule has 0 saturated carbocycles. The number of nitrogens with one attached hydrogen (secondary N) is 1.